The first-order valence-electron chi connectivity index (χ1n) is 9.47. The second-order valence-electron chi connectivity index (χ2n) is 7.36. The summed E-state index contributed by atoms with van der Waals surface area (Å²) in [6.07, 6.45) is -7.95. The largest absolute Gasteiger partial charge is 0.416 e. The molecule has 1 atom stereocenters. The van der Waals surface area contributed by atoms with E-state index in [4.69, 9.17) is 0 Å². The van der Waals surface area contributed by atoms with E-state index in [0.29, 0.717) is 10.4 Å². The van der Waals surface area contributed by atoms with Crippen LogP contribution in [-0.2, 0) is 17.5 Å². The van der Waals surface area contributed by atoms with Crippen molar-refractivity contribution in [3.05, 3.63) is 51.9 Å². The van der Waals surface area contributed by atoms with Crippen LogP contribution >= 0.6 is 11.3 Å². The highest BCUT2D eigenvalue weighted by Gasteiger charge is 2.47. The number of thiophene rings is 1. The molecule has 0 N–H and O–H groups in total. The van der Waals surface area contributed by atoms with Crippen LogP contribution in [0.2, 0.25) is 0 Å². The third-order valence-corrected chi connectivity index (χ3v) is 6.33. The standard InChI is InChI=1S/C20H15F6N3O2S/c21-19(22,23)12-5-3-11(4-6-12)17-16-13(9-32-17)27-10-28(18(16)31)8-15(30)29-7-1-2-14(29)20(24,25)26/h3-6,9-10,14H,1-2,7-8H2. The van der Waals surface area contributed by atoms with Crippen LogP contribution in [0, 0.1) is 0 Å². The van der Waals surface area contributed by atoms with Gasteiger partial charge in [0.1, 0.15) is 12.6 Å². The minimum absolute atomic E-state index is 0.0529. The summed E-state index contributed by atoms with van der Waals surface area (Å²) in [5, 5.41) is 1.65. The lowest BCUT2D eigenvalue weighted by atomic mass is 10.1. The smallest absolute Gasteiger partial charge is 0.329 e. The Hall–Kier alpha value is -2.89. The fourth-order valence-corrected chi connectivity index (χ4v) is 4.75. The van der Waals surface area contributed by atoms with Gasteiger partial charge in [-0.05, 0) is 30.5 Å². The summed E-state index contributed by atoms with van der Waals surface area (Å²) in [5.41, 5.74) is -0.846. The molecule has 12 heteroatoms. The number of benzene rings is 1. The summed E-state index contributed by atoms with van der Waals surface area (Å²) in [7, 11) is 0. The van der Waals surface area contributed by atoms with E-state index >= 15 is 0 Å². The van der Waals surface area contributed by atoms with Crippen LogP contribution < -0.4 is 5.56 Å². The van der Waals surface area contributed by atoms with Crippen LogP contribution in [0.1, 0.15) is 18.4 Å². The molecule has 0 bridgehead atoms. The zero-order valence-corrected chi connectivity index (χ0v) is 17.0. The molecule has 1 saturated heterocycles. The fraction of sp³-hybridized carbons (Fsp3) is 0.350. The number of carbonyl (C=O) groups is 1. The summed E-state index contributed by atoms with van der Waals surface area (Å²) in [4.78, 5) is 30.7. The molecule has 3 heterocycles. The Kier molecular flexibility index (Phi) is 5.51. The van der Waals surface area contributed by atoms with E-state index in [1.165, 1.54) is 12.1 Å². The molecule has 3 aromatic rings. The normalized spacial score (nSPS) is 17.3. The number of hydrogen-bond acceptors (Lipinski definition) is 4. The minimum atomic E-state index is -4.55. The second-order valence-corrected chi connectivity index (χ2v) is 8.24. The molecular formula is C20H15F6N3O2S. The first kappa shape index (κ1) is 22.3. The predicted molar refractivity (Wildman–Crippen MR) is 105 cm³/mol. The zero-order chi connectivity index (χ0) is 23.3. The Bertz CT molecular complexity index is 1210. The fourth-order valence-electron chi connectivity index (χ4n) is 3.76. The van der Waals surface area contributed by atoms with Crippen LogP contribution in [0.25, 0.3) is 21.3 Å². The summed E-state index contributed by atoms with van der Waals surface area (Å²) in [6, 6.07) is 2.36. The van der Waals surface area contributed by atoms with E-state index in [2.05, 4.69) is 4.98 Å². The number of hydrogen-bond donors (Lipinski definition) is 0. The van der Waals surface area contributed by atoms with Crippen LogP contribution in [0.5, 0.6) is 0 Å². The van der Waals surface area contributed by atoms with Crippen molar-refractivity contribution < 1.29 is 31.1 Å². The third kappa shape index (κ3) is 4.10. The maximum Gasteiger partial charge on any atom is 0.416 e. The molecule has 4 rings (SSSR count). The van der Waals surface area contributed by atoms with Crippen molar-refractivity contribution in [1.29, 1.82) is 0 Å². The molecule has 1 aromatic carbocycles. The van der Waals surface area contributed by atoms with Gasteiger partial charge in [-0.2, -0.15) is 26.3 Å². The number of rotatable bonds is 3. The zero-order valence-electron chi connectivity index (χ0n) is 16.2. The number of amides is 1. The molecule has 0 aliphatic carbocycles. The van der Waals surface area contributed by atoms with Gasteiger partial charge in [0.05, 0.1) is 22.8 Å². The van der Waals surface area contributed by atoms with Crippen molar-refractivity contribution >= 4 is 28.1 Å². The van der Waals surface area contributed by atoms with Crippen molar-refractivity contribution in [3.63, 3.8) is 0 Å². The molecule has 5 nitrogen and oxygen atoms in total. The molecule has 1 aliphatic rings. The summed E-state index contributed by atoms with van der Waals surface area (Å²) < 4.78 is 78.8. The number of fused-ring (bicyclic) bond motifs is 1. The number of nitrogens with zero attached hydrogens (tertiary/aromatic N) is 3. The van der Waals surface area contributed by atoms with Gasteiger partial charge >= 0.3 is 12.4 Å². The Morgan fingerprint density at radius 1 is 1.12 bits per heavy atom. The molecule has 1 aliphatic heterocycles. The molecule has 32 heavy (non-hydrogen) atoms. The van der Waals surface area contributed by atoms with E-state index in [0.717, 1.165) is 39.3 Å². The maximum atomic E-state index is 13.2. The van der Waals surface area contributed by atoms with E-state index < -0.39 is 42.0 Å². The van der Waals surface area contributed by atoms with Gasteiger partial charge in [0.15, 0.2) is 0 Å². The van der Waals surface area contributed by atoms with Gasteiger partial charge in [0, 0.05) is 16.8 Å². The van der Waals surface area contributed by atoms with Gasteiger partial charge in [-0.25, -0.2) is 4.98 Å². The summed E-state index contributed by atoms with van der Waals surface area (Å²) in [5.74, 6) is -0.848. The summed E-state index contributed by atoms with van der Waals surface area (Å²) >= 11 is 1.10. The molecule has 1 fully saturated rings. The van der Waals surface area contributed by atoms with E-state index in [1.807, 2.05) is 0 Å². The first-order valence-corrected chi connectivity index (χ1v) is 10.4. The van der Waals surface area contributed by atoms with Gasteiger partial charge in [0.2, 0.25) is 5.91 Å². The lowest BCUT2D eigenvalue weighted by Gasteiger charge is -2.26. The number of likely N-dealkylation sites (tertiary alicyclic amines) is 1. The maximum absolute atomic E-state index is 13.2. The molecule has 170 valence electrons. The number of halogens is 6. The lowest BCUT2D eigenvalue weighted by molar-refractivity contribution is -0.183. The SMILES string of the molecule is O=C(Cn1cnc2csc(-c3ccc(C(F)(F)F)cc3)c2c1=O)N1CCCC1C(F)(F)F. The van der Waals surface area contributed by atoms with Crippen LogP contribution in [0.15, 0.2) is 40.8 Å². The quantitative estimate of drug-likeness (QED) is 0.517. The van der Waals surface area contributed by atoms with Crippen molar-refractivity contribution in [2.24, 2.45) is 0 Å². The number of alkyl halides is 6. The topological polar surface area (TPSA) is 55.2 Å². The first-order chi connectivity index (χ1) is 15.0. The van der Waals surface area contributed by atoms with Crippen molar-refractivity contribution in [2.75, 3.05) is 6.54 Å². The van der Waals surface area contributed by atoms with Gasteiger partial charge < -0.3 is 4.90 Å². The van der Waals surface area contributed by atoms with Gasteiger partial charge in [-0.15, -0.1) is 11.3 Å². The third-order valence-electron chi connectivity index (χ3n) is 5.31. The van der Waals surface area contributed by atoms with E-state index in [9.17, 15) is 35.9 Å². The van der Waals surface area contributed by atoms with E-state index in [-0.39, 0.29) is 30.3 Å². The monoisotopic (exact) mass is 475 g/mol. The molecule has 0 saturated carbocycles. The predicted octanol–water partition coefficient (Wildman–Crippen LogP) is 4.70. The second kappa shape index (κ2) is 7.91. The van der Waals surface area contributed by atoms with Crippen LogP contribution in [0.4, 0.5) is 26.3 Å². The Morgan fingerprint density at radius 3 is 2.44 bits per heavy atom. The van der Waals surface area contributed by atoms with Crippen molar-refractivity contribution in [1.82, 2.24) is 14.5 Å². The highest BCUT2D eigenvalue weighted by molar-refractivity contribution is 7.15. The van der Waals surface area contributed by atoms with E-state index in [1.54, 1.807) is 5.38 Å². The number of aromatic nitrogens is 2. The van der Waals surface area contributed by atoms with Gasteiger partial charge in [0.25, 0.3) is 5.56 Å². The minimum Gasteiger partial charge on any atom is -0.329 e. The molecule has 2 aromatic heterocycles. The highest BCUT2D eigenvalue weighted by atomic mass is 32.1. The van der Waals surface area contributed by atoms with Crippen molar-refractivity contribution in [2.45, 2.75) is 37.8 Å². The van der Waals surface area contributed by atoms with Gasteiger partial charge in [-0.1, -0.05) is 12.1 Å². The molecule has 0 spiro atoms. The average Bonchev–Trinajstić information content (AvgIpc) is 3.37. The Morgan fingerprint density at radius 2 is 1.81 bits per heavy atom. The highest BCUT2D eigenvalue weighted by Crippen LogP contribution is 2.35. The van der Waals surface area contributed by atoms with Crippen LogP contribution in [-0.4, -0.2) is 39.1 Å². The molecule has 0 radical (unpaired) electrons. The average molecular weight is 475 g/mol. The number of carbonyl (C=O) groups excluding carboxylic acids is 1. The molecular weight excluding hydrogens is 460 g/mol. The van der Waals surface area contributed by atoms with Gasteiger partial charge in [-0.3, -0.25) is 14.2 Å². The Labute approximate surface area is 180 Å². The Balaban J connectivity index is 1.66. The molecule has 1 amide bonds. The van der Waals surface area contributed by atoms with Crippen molar-refractivity contribution in [3.8, 4) is 10.4 Å². The molecule has 1 unspecified atom stereocenters. The summed E-state index contributed by atoms with van der Waals surface area (Å²) in [6.45, 7) is -0.667. The van der Waals surface area contributed by atoms with Crippen LogP contribution in [0.3, 0.4) is 0 Å². The lowest BCUT2D eigenvalue weighted by Crippen LogP contribution is -2.46.